The fraction of sp³-hybridized carbons (Fsp3) is 0.946. The molecule has 0 saturated heterocycles. The average molecular weight is 676 g/mol. The van der Waals surface area contributed by atoms with Crippen molar-refractivity contribution in [3.63, 3.8) is 0 Å². The Hall–Kier alpha value is -0.950. The normalized spacial score (nSPS) is 13.4. The molecule has 0 amide bonds. The SMILES string of the molecule is CCCCCCCCCCCCCCCC(=O)OC[C@H](COP(=O)(O)CCN)OC(=O)CCCCCCCCCCCCCCC. The van der Waals surface area contributed by atoms with Gasteiger partial charge in [-0.15, -0.1) is 0 Å². The first-order chi connectivity index (χ1) is 22.3. The lowest BCUT2D eigenvalue weighted by Crippen LogP contribution is -2.29. The van der Waals surface area contributed by atoms with Crippen LogP contribution in [-0.4, -0.2) is 48.9 Å². The molecule has 0 aromatic carbocycles. The summed E-state index contributed by atoms with van der Waals surface area (Å²) in [6.07, 6.45) is 31.4. The second-order valence-corrected chi connectivity index (χ2v) is 15.2. The molecule has 0 rings (SSSR count). The van der Waals surface area contributed by atoms with Gasteiger partial charge in [0, 0.05) is 19.4 Å². The Morgan fingerprint density at radius 1 is 0.565 bits per heavy atom. The van der Waals surface area contributed by atoms with Crippen molar-refractivity contribution in [3.05, 3.63) is 0 Å². The molecule has 0 aromatic heterocycles. The van der Waals surface area contributed by atoms with Gasteiger partial charge in [0.2, 0.25) is 0 Å². The Morgan fingerprint density at radius 3 is 1.28 bits per heavy atom. The van der Waals surface area contributed by atoms with Crippen molar-refractivity contribution < 1.29 is 33.0 Å². The molecule has 0 aliphatic carbocycles. The molecule has 2 atom stereocenters. The second kappa shape index (κ2) is 33.9. The maximum atomic E-state index is 12.5. The average Bonchev–Trinajstić information content (AvgIpc) is 3.03. The van der Waals surface area contributed by atoms with E-state index in [1.807, 2.05) is 0 Å². The van der Waals surface area contributed by atoms with Crippen LogP contribution in [0, 0.1) is 0 Å². The zero-order chi connectivity index (χ0) is 34.0. The van der Waals surface area contributed by atoms with Crippen LogP contribution in [0.2, 0.25) is 0 Å². The van der Waals surface area contributed by atoms with E-state index in [4.69, 9.17) is 19.7 Å². The van der Waals surface area contributed by atoms with Crippen molar-refractivity contribution in [2.24, 2.45) is 5.73 Å². The number of hydrogen-bond acceptors (Lipinski definition) is 7. The van der Waals surface area contributed by atoms with E-state index in [1.165, 1.54) is 128 Å². The largest absolute Gasteiger partial charge is 0.462 e. The molecule has 0 bridgehead atoms. The highest BCUT2D eigenvalue weighted by molar-refractivity contribution is 7.52. The predicted molar refractivity (Wildman–Crippen MR) is 191 cm³/mol. The molecule has 46 heavy (non-hydrogen) atoms. The van der Waals surface area contributed by atoms with E-state index in [1.54, 1.807) is 0 Å². The van der Waals surface area contributed by atoms with Gasteiger partial charge in [-0.3, -0.25) is 14.2 Å². The molecule has 0 saturated carbocycles. The quantitative estimate of drug-likeness (QED) is 0.0382. The summed E-state index contributed by atoms with van der Waals surface area (Å²) in [5.74, 6) is -0.759. The Kier molecular flexibility index (Phi) is 33.2. The lowest BCUT2D eigenvalue weighted by Gasteiger charge is -2.20. The first kappa shape index (κ1) is 45.0. The molecule has 9 heteroatoms. The Balaban J connectivity index is 4.11. The molecule has 0 aliphatic heterocycles. The van der Waals surface area contributed by atoms with Crippen LogP contribution in [0.15, 0.2) is 0 Å². The van der Waals surface area contributed by atoms with Crippen LogP contribution in [0.1, 0.15) is 194 Å². The molecule has 0 aromatic rings. The van der Waals surface area contributed by atoms with Crippen LogP contribution in [-0.2, 0) is 28.2 Å². The Labute approximate surface area is 283 Å². The third-order valence-electron chi connectivity index (χ3n) is 8.57. The van der Waals surface area contributed by atoms with Crippen LogP contribution in [0.4, 0.5) is 0 Å². The molecule has 0 radical (unpaired) electrons. The summed E-state index contributed by atoms with van der Waals surface area (Å²) >= 11 is 0. The van der Waals surface area contributed by atoms with E-state index >= 15 is 0 Å². The first-order valence-corrected chi connectivity index (χ1v) is 21.1. The van der Waals surface area contributed by atoms with Gasteiger partial charge >= 0.3 is 19.5 Å². The molecular formula is C37H74NO7P. The third kappa shape index (κ3) is 33.0. The molecule has 0 fully saturated rings. The van der Waals surface area contributed by atoms with Gasteiger partial charge in [0.05, 0.1) is 12.8 Å². The minimum atomic E-state index is -3.89. The smallest absolute Gasteiger partial charge is 0.329 e. The van der Waals surface area contributed by atoms with E-state index in [-0.39, 0.29) is 38.3 Å². The van der Waals surface area contributed by atoms with Gasteiger partial charge < -0.3 is 24.6 Å². The van der Waals surface area contributed by atoms with Gasteiger partial charge in [0.1, 0.15) is 6.61 Å². The highest BCUT2D eigenvalue weighted by Gasteiger charge is 2.24. The van der Waals surface area contributed by atoms with E-state index in [9.17, 15) is 19.0 Å². The summed E-state index contributed by atoms with van der Waals surface area (Å²) in [6.45, 7) is 4.00. The zero-order valence-corrected chi connectivity index (χ0v) is 31.0. The number of nitrogens with two attached hydrogens (primary N) is 1. The van der Waals surface area contributed by atoms with Crippen LogP contribution < -0.4 is 5.73 Å². The summed E-state index contributed by atoms with van der Waals surface area (Å²) < 4.78 is 28.1. The summed E-state index contributed by atoms with van der Waals surface area (Å²) in [5, 5.41) is 0. The Morgan fingerprint density at radius 2 is 0.913 bits per heavy atom. The van der Waals surface area contributed by atoms with Crippen LogP contribution in [0.25, 0.3) is 0 Å². The van der Waals surface area contributed by atoms with Gasteiger partial charge in [0.25, 0.3) is 0 Å². The molecule has 274 valence electrons. The van der Waals surface area contributed by atoms with E-state index in [0.29, 0.717) is 6.42 Å². The van der Waals surface area contributed by atoms with Crippen molar-refractivity contribution in [3.8, 4) is 0 Å². The van der Waals surface area contributed by atoms with Gasteiger partial charge in [-0.1, -0.05) is 168 Å². The molecule has 0 aliphatic rings. The van der Waals surface area contributed by atoms with E-state index < -0.39 is 19.7 Å². The zero-order valence-electron chi connectivity index (χ0n) is 30.1. The Bertz CT molecular complexity index is 737. The number of hydrogen-bond donors (Lipinski definition) is 2. The van der Waals surface area contributed by atoms with Crippen molar-refractivity contribution >= 4 is 19.5 Å². The fourth-order valence-electron chi connectivity index (χ4n) is 5.62. The number of unbranched alkanes of at least 4 members (excludes halogenated alkanes) is 24. The number of rotatable bonds is 36. The van der Waals surface area contributed by atoms with Crippen molar-refractivity contribution in [1.29, 1.82) is 0 Å². The lowest BCUT2D eigenvalue weighted by molar-refractivity contribution is -0.161. The van der Waals surface area contributed by atoms with Gasteiger partial charge in [-0.25, -0.2) is 0 Å². The highest BCUT2D eigenvalue weighted by atomic mass is 31.2. The van der Waals surface area contributed by atoms with Crippen LogP contribution in [0.5, 0.6) is 0 Å². The molecule has 1 unspecified atom stereocenters. The number of carbonyl (C=O) groups excluding carboxylic acids is 2. The maximum Gasteiger partial charge on any atom is 0.329 e. The van der Waals surface area contributed by atoms with Gasteiger partial charge in [-0.2, -0.15) is 0 Å². The molecule has 0 heterocycles. The minimum absolute atomic E-state index is 0.00535. The molecule has 3 N–H and O–H groups in total. The van der Waals surface area contributed by atoms with E-state index in [0.717, 1.165) is 38.5 Å². The summed E-state index contributed by atoms with van der Waals surface area (Å²) in [7, 11) is -3.89. The third-order valence-corrected chi connectivity index (χ3v) is 9.95. The van der Waals surface area contributed by atoms with Gasteiger partial charge in [-0.05, 0) is 12.8 Å². The summed E-state index contributed by atoms with van der Waals surface area (Å²) in [5.41, 5.74) is 5.40. The highest BCUT2D eigenvalue weighted by Crippen LogP contribution is 2.41. The van der Waals surface area contributed by atoms with Crippen LogP contribution in [0.3, 0.4) is 0 Å². The maximum absolute atomic E-state index is 12.5. The topological polar surface area (TPSA) is 125 Å². The minimum Gasteiger partial charge on any atom is -0.462 e. The first-order valence-electron chi connectivity index (χ1n) is 19.4. The lowest BCUT2D eigenvalue weighted by atomic mass is 10.0. The summed E-state index contributed by atoms with van der Waals surface area (Å²) in [4.78, 5) is 34.7. The van der Waals surface area contributed by atoms with E-state index in [2.05, 4.69) is 13.8 Å². The summed E-state index contributed by atoms with van der Waals surface area (Å²) in [6, 6.07) is 0. The number of esters is 2. The molecule has 8 nitrogen and oxygen atoms in total. The predicted octanol–water partition coefficient (Wildman–Crippen LogP) is 10.6. The fourth-order valence-corrected chi connectivity index (χ4v) is 6.48. The van der Waals surface area contributed by atoms with Crippen LogP contribution >= 0.6 is 7.60 Å². The second-order valence-electron chi connectivity index (χ2n) is 13.2. The van der Waals surface area contributed by atoms with Crippen molar-refractivity contribution in [2.45, 2.75) is 200 Å². The monoisotopic (exact) mass is 676 g/mol. The number of carbonyl (C=O) groups is 2. The standard InChI is InChI=1S/C37H74NO7P/c1-3-5-7-9-11-13-15-17-19-21-23-25-27-29-36(39)43-33-35(34-44-46(41,42)32-31-38)45-37(40)30-28-26-24-22-20-18-16-14-12-10-8-6-4-2/h35H,3-34,38H2,1-2H3,(H,41,42)/t35-/m1/s1. The van der Waals surface area contributed by atoms with Crippen molar-refractivity contribution in [1.82, 2.24) is 0 Å². The van der Waals surface area contributed by atoms with Crippen molar-refractivity contribution in [2.75, 3.05) is 25.9 Å². The molecule has 0 spiro atoms. The number of ether oxygens (including phenoxy) is 2. The molecular weight excluding hydrogens is 601 g/mol. The van der Waals surface area contributed by atoms with Gasteiger partial charge in [0.15, 0.2) is 6.10 Å².